The van der Waals surface area contributed by atoms with Crippen LogP contribution in [-0.2, 0) is 0 Å². The van der Waals surface area contributed by atoms with E-state index in [9.17, 15) is 0 Å². The molecule has 0 fully saturated rings. The first-order valence-corrected chi connectivity index (χ1v) is 7.15. The fourth-order valence-electron chi connectivity index (χ4n) is 2.30. The Kier molecular flexibility index (Phi) is 6.20. The highest BCUT2D eigenvalue weighted by atomic mass is 15.2. The first-order valence-electron chi connectivity index (χ1n) is 7.15. The number of hydrogen-bond donors (Lipinski definition) is 1. The molecule has 0 saturated heterocycles. The van der Waals surface area contributed by atoms with Crippen LogP contribution in [0.1, 0.15) is 39.7 Å². The molecule has 2 heteroatoms. The van der Waals surface area contributed by atoms with Gasteiger partial charge in [0.1, 0.15) is 0 Å². The van der Waals surface area contributed by atoms with E-state index in [0.717, 1.165) is 13.1 Å². The van der Waals surface area contributed by atoms with Crippen LogP contribution < -0.4 is 10.2 Å². The van der Waals surface area contributed by atoms with Gasteiger partial charge in [-0.15, -0.1) is 0 Å². The molecule has 2 nitrogen and oxygen atoms in total. The molecule has 18 heavy (non-hydrogen) atoms. The van der Waals surface area contributed by atoms with E-state index in [0.29, 0.717) is 12.1 Å². The van der Waals surface area contributed by atoms with Crippen molar-refractivity contribution in [2.75, 3.05) is 18.0 Å². The van der Waals surface area contributed by atoms with E-state index in [1.165, 1.54) is 17.7 Å². The van der Waals surface area contributed by atoms with Gasteiger partial charge in [-0.1, -0.05) is 32.9 Å². The minimum absolute atomic E-state index is 0.551. The Morgan fingerprint density at radius 1 is 1.22 bits per heavy atom. The molecule has 1 aromatic carbocycles. The zero-order chi connectivity index (χ0) is 13.5. The first-order chi connectivity index (χ1) is 8.58. The topological polar surface area (TPSA) is 15.3 Å². The predicted molar refractivity (Wildman–Crippen MR) is 81.4 cm³/mol. The molecule has 0 aliphatic rings. The lowest BCUT2D eigenvalue weighted by molar-refractivity contribution is 0.491. The lowest BCUT2D eigenvalue weighted by Crippen LogP contribution is -2.43. The van der Waals surface area contributed by atoms with Crippen molar-refractivity contribution in [1.29, 1.82) is 0 Å². The summed E-state index contributed by atoms with van der Waals surface area (Å²) < 4.78 is 0. The van der Waals surface area contributed by atoms with E-state index >= 15 is 0 Å². The molecular formula is C16H28N2. The van der Waals surface area contributed by atoms with Crippen LogP contribution in [0.25, 0.3) is 0 Å². The molecule has 0 saturated carbocycles. The van der Waals surface area contributed by atoms with Crippen molar-refractivity contribution in [3.8, 4) is 0 Å². The van der Waals surface area contributed by atoms with Gasteiger partial charge in [0, 0.05) is 30.9 Å². The van der Waals surface area contributed by atoms with Crippen molar-refractivity contribution in [2.24, 2.45) is 0 Å². The van der Waals surface area contributed by atoms with Gasteiger partial charge in [-0.2, -0.15) is 0 Å². The monoisotopic (exact) mass is 248 g/mol. The molecule has 0 aliphatic heterocycles. The van der Waals surface area contributed by atoms with Crippen LogP contribution in [0.5, 0.6) is 0 Å². The Morgan fingerprint density at radius 2 is 1.94 bits per heavy atom. The summed E-state index contributed by atoms with van der Waals surface area (Å²) in [6.07, 6.45) is 1.17. The Bertz CT molecular complexity index is 347. The molecule has 0 heterocycles. The highest BCUT2D eigenvalue weighted by Crippen LogP contribution is 2.19. The molecule has 102 valence electrons. The van der Waals surface area contributed by atoms with Gasteiger partial charge in [0.15, 0.2) is 0 Å². The van der Waals surface area contributed by atoms with Crippen LogP contribution in [0.2, 0.25) is 0 Å². The third-order valence-electron chi connectivity index (χ3n) is 3.35. The Hall–Kier alpha value is -1.02. The maximum absolute atomic E-state index is 3.55. The normalized spacial score (nSPS) is 12.8. The predicted octanol–water partition coefficient (Wildman–Crippen LogP) is 3.60. The highest BCUT2D eigenvalue weighted by molar-refractivity contribution is 5.49. The molecule has 1 atom stereocenters. The zero-order valence-corrected chi connectivity index (χ0v) is 12.5. The van der Waals surface area contributed by atoms with Crippen molar-refractivity contribution < 1.29 is 0 Å². The SMILES string of the molecule is CCC(CNC(C)C)N(CC)c1cccc(C)c1. The minimum atomic E-state index is 0.551. The van der Waals surface area contributed by atoms with Crippen LogP contribution in [-0.4, -0.2) is 25.2 Å². The van der Waals surface area contributed by atoms with Gasteiger partial charge < -0.3 is 10.2 Å². The van der Waals surface area contributed by atoms with Gasteiger partial charge >= 0.3 is 0 Å². The molecule has 1 unspecified atom stereocenters. The Morgan fingerprint density at radius 3 is 2.44 bits per heavy atom. The second-order valence-corrected chi connectivity index (χ2v) is 5.25. The van der Waals surface area contributed by atoms with Crippen molar-refractivity contribution in [1.82, 2.24) is 5.32 Å². The van der Waals surface area contributed by atoms with E-state index in [1.54, 1.807) is 0 Å². The van der Waals surface area contributed by atoms with Gasteiger partial charge in [-0.3, -0.25) is 0 Å². The van der Waals surface area contributed by atoms with Crippen LogP contribution in [0.4, 0.5) is 5.69 Å². The summed E-state index contributed by atoms with van der Waals surface area (Å²) in [6.45, 7) is 13.2. The molecule has 0 spiro atoms. The fraction of sp³-hybridized carbons (Fsp3) is 0.625. The summed E-state index contributed by atoms with van der Waals surface area (Å²) in [7, 11) is 0. The van der Waals surface area contributed by atoms with Crippen LogP contribution >= 0.6 is 0 Å². The molecule has 0 radical (unpaired) electrons. The average molecular weight is 248 g/mol. The standard InChI is InChI=1S/C16H28N2/c1-6-15(12-17-13(3)4)18(7-2)16-10-8-9-14(5)11-16/h8-11,13,15,17H,6-7,12H2,1-5H3. The van der Waals surface area contributed by atoms with E-state index in [1.807, 2.05) is 0 Å². The fourth-order valence-corrected chi connectivity index (χ4v) is 2.30. The summed E-state index contributed by atoms with van der Waals surface area (Å²) in [5.74, 6) is 0. The number of hydrogen-bond acceptors (Lipinski definition) is 2. The van der Waals surface area contributed by atoms with Crippen molar-refractivity contribution in [3.63, 3.8) is 0 Å². The first kappa shape index (κ1) is 15.0. The number of anilines is 1. The van der Waals surface area contributed by atoms with Gasteiger partial charge in [0.05, 0.1) is 0 Å². The van der Waals surface area contributed by atoms with Crippen LogP contribution in [0.15, 0.2) is 24.3 Å². The zero-order valence-electron chi connectivity index (χ0n) is 12.5. The van der Waals surface area contributed by atoms with Gasteiger partial charge in [0.2, 0.25) is 0 Å². The van der Waals surface area contributed by atoms with E-state index in [-0.39, 0.29) is 0 Å². The Labute approximate surface area is 112 Å². The number of nitrogens with zero attached hydrogens (tertiary/aromatic N) is 1. The second kappa shape index (κ2) is 7.42. The minimum Gasteiger partial charge on any atom is -0.368 e. The number of nitrogens with one attached hydrogen (secondary N) is 1. The van der Waals surface area contributed by atoms with E-state index in [2.05, 4.69) is 69.1 Å². The van der Waals surface area contributed by atoms with Crippen molar-refractivity contribution in [3.05, 3.63) is 29.8 Å². The lowest BCUT2D eigenvalue weighted by atomic mass is 10.1. The third-order valence-corrected chi connectivity index (χ3v) is 3.35. The maximum Gasteiger partial charge on any atom is 0.0411 e. The number of likely N-dealkylation sites (N-methyl/N-ethyl adjacent to an activating group) is 1. The molecular weight excluding hydrogens is 220 g/mol. The molecule has 0 aromatic heterocycles. The van der Waals surface area contributed by atoms with Crippen LogP contribution in [0.3, 0.4) is 0 Å². The Balaban J connectivity index is 2.79. The molecule has 1 rings (SSSR count). The number of aryl methyl sites for hydroxylation is 1. The summed E-state index contributed by atoms with van der Waals surface area (Å²) in [5, 5.41) is 3.55. The van der Waals surface area contributed by atoms with Crippen LogP contribution in [0, 0.1) is 6.92 Å². The van der Waals surface area contributed by atoms with Gasteiger partial charge in [0.25, 0.3) is 0 Å². The average Bonchev–Trinajstić information content (AvgIpc) is 2.34. The molecule has 0 aliphatic carbocycles. The molecule has 1 aromatic rings. The quantitative estimate of drug-likeness (QED) is 0.793. The molecule has 1 N–H and O–H groups in total. The number of rotatable bonds is 7. The van der Waals surface area contributed by atoms with Crippen molar-refractivity contribution in [2.45, 2.75) is 53.1 Å². The lowest BCUT2D eigenvalue weighted by Gasteiger charge is -2.33. The van der Waals surface area contributed by atoms with Gasteiger partial charge in [-0.05, 0) is 38.0 Å². The third kappa shape index (κ3) is 4.34. The molecule has 0 bridgehead atoms. The summed E-state index contributed by atoms with van der Waals surface area (Å²) >= 11 is 0. The van der Waals surface area contributed by atoms with Gasteiger partial charge in [-0.25, -0.2) is 0 Å². The summed E-state index contributed by atoms with van der Waals surface area (Å²) in [4.78, 5) is 2.50. The highest BCUT2D eigenvalue weighted by Gasteiger charge is 2.15. The summed E-state index contributed by atoms with van der Waals surface area (Å²) in [6, 6.07) is 9.92. The number of benzene rings is 1. The van der Waals surface area contributed by atoms with E-state index < -0.39 is 0 Å². The van der Waals surface area contributed by atoms with Crippen molar-refractivity contribution >= 4 is 5.69 Å². The smallest absolute Gasteiger partial charge is 0.0411 e. The second-order valence-electron chi connectivity index (χ2n) is 5.25. The largest absolute Gasteiger partial charge is 0.368 e. The summed E-state index contributed by atoms with van der Waals surface area (Å²) in [5.41, 5.74) is 2.67. The molecule has 0 amide bonds. The van der Waals surface area contributed by atoms with E-state index in [4.69, 9.17) is 0 Å². The maximum atomic E-state index is 3.55.